The minimum absolute atomic E-state index is 0.223. The molecule has 84 valence electrons. The maximum absolute atomic E-state index is 13.4. The van der Waals surface area contributed by atoms with Crippen molar-refractivity contribution in [2.45, 2.75) is 52.0 Å². The summed E-state index contributed by atoms with van der Waals surface area (Å²) in [5, 5.41) is 0. The van der Waals surface area contributed by atoms with Crippen LogP contribution in [0.3, 0.4) is 0 Å². The van der Waals surface area contributed by atoms with Crippen LogP contribution in [0, 0.1) is 11.8 Å². The van der Waals surface area contributed by atoms with Gasteiger partial charge in [-0.1, -0.05) is 27.7 Å². The highest BCUT2D eigenvalue weighted by Crippen LogP contribution is 2.43. The summed E-state index contributed by atoms with van der Waals surface area (Å²) in [6.45, 7) is 6.62. The molecule has 0 spiro atoms. The van der Waals surface area contributed by atoms with E-state index in [1.807, 2.05) is 0 Å². The number of hydrogen-bond acceptors (Lipinski definition) is 1. The van der Waals surface area contributed by atoms with E-state index >= 15 is 0 Å². The standard InChI is InChI=1S/C10H17F3O/c1-5(2)7-8(11)10(12,13)9(14-7)6(3)4/h5-9H,1-4H3/t7-,8+,9+/m1/s1. The minimum atomic E-state index is -3.34. The van der Waals surface area contributed by atoms with Crippen molar-refractivity contribution in [1.29, 1.82) is 0 Å². The van der Waals surface area contributed by atoms with E-state index in [1.54, 1.807) is 27.7 Å². The summed E-state index contributed by atoms with van der Waals surface area (Å²) in [5.41, 5.74) is 0. The smallest absolute Gasteiger partial charge is 0.307 e. The molecule has 1 aliphatic rings. The molecule has 1 aliphatic heterocycles. The van der Waals surface area contributed by atoms with Crippen molar-refractivity contribution < 1.29 is 17.9 Å². The summed E-state index contributed by atoms with van der Waals surface area (Å²) in [7, 11) is 0. The first-order valence-corrected chi connectivity index (χ1v) is 4.95. The van der Waals surface area contributed by atoms with Crippen molar-refractivity contribution in [2.75, 3.05) is 0 Å². The summed E-state index contributed by atoms with van der Waals surface area (Å²) in [6, 6.07) is 0. The lowest BCUT2D eigenvalue weighted by Gasteiger charge is -2.21. The van der Waals surface area contributed by atoms with Crippen LogP contribution in [0.5, 0.6) is 0 Å². The molecule has 1 fully saturated rings. The van der Waals surface area contributed by atoms with Gasteiger partial charge in [0.25, 0.3) is 0 Å². The van der Waals surface area contributed by atoms with Gasteiger partial charge in [0, 0.05) is 0 Å². The number of ether oxygens (including phenoxy) is 1. The summed E-state index contributed by atoms with van der Waals surface area (Å²) in [4.78, 5) is 0. The minimum Gasteiger partial charge on any atom is -0.365 e. The SMILES string of the molecule is CC(C)[C@H]1O[C@@H](C(C)C)C(F)(F)[C@H]1F. The predicted molar refractivity (Wildman–Crippen MR) is 48.2 cm³/mol. The molecule has 1 heterocycles. The zero-order valence-electron chi connectivity index (χ0n) is 8.93. The van der Waals surface area contributed by atoms with E-state index in [1.165, 1.54) is 0 Å². The second-order valence-corrected chi connectivity index (χ2v) is 4.59. The molecule has 1 nitrogen and oxygen atoms in total. The average molecular weight is 210 g/mol. The molecular formula is C10H17F3O. The lowest BCUT2D eigenvalue weighted by atomic mass is 9.96. The van der Waals surface area contributed by atoms with Crippen LogP contribution < -0.4 is 0 Å². The molecule has 0 N–H and O–H groups in total. The lowest BCUT2D eigenvalue weighted by Crippen LogP contribution is -2.40. The van der Waals surface area contributed by atoms with Gasteiger partial charge in [0.2, 0.25) is 0 Å². The van der Waals surface area contributed by atoms with Crippen LogP contribution in [0.1, 0.15) is 27.7 Å². The third-order valence-corrected chi connectivity index (χ3v) is 2.60. The Morgan fingerprint density at radius 1 is 1.07 bits per heavy atom. The third kappa shape index (κ3) is 1.76. The number of hydrogen-bond donors (Lipinski definition) is 0. The Bertz CT molecular complexity index is 204. The van der Waals surface area contributed by atoms with Gasteiger partial charge < -0.3 is 4.74 Å². The van der Waals surface area contributed by atoms with E-state index < -0.39 is 24.3 Å². The van der Waals surface area contributed by atoms with E-state index in [2.05, 4.69) is 0 Å². The van der Waals surface area contributed by atoms with Gasteiger partial charge in [0.1, 0.15) is 6.10 Å². The summed E-state index contributed by atoms with van der Waals surface area (Å²) < 4.78 is 45.2. The molecule has 0 unspecified atom stereocenters. The Morgan fingerprint density at radius 3 is 1.79 bits per heavy atom. The molecule has 0 aromatic carbocycles. The molecule has 0 radical (unpaired) electrons. The van der Waals surface area contributed by atoms with E-state index in [0.29, 0.717) is 0 Å². The predicted octanol–water partition coefficient (Wildman–Crippen LogP) is 3.04. The monoisotopic (exact) mass is 210 g/mol. The Labute approximate surface area is 82.6 Å². The third-order valence-electron chi connectivity index (χ3n) is 2.60. The highest BCUT2D eigenvalue weighted by Gasteiger charge is 2.60. The first kappa shape index (κ1) is 11.8. The normalized spacial score (nSPS) is 37.1. The maximum atomic E-state index is 13.4. The van der Waals surface area contributed by atoms with Crippen LogP contribution in [-0.4, -0.2) is 24.3 Å². The van der Waals surface area contributed by atoms with Crippen LogP contribution in [0.15, 0.2) is 0 Å². The number of alkyl halides is 3. The van der Waals surface area contributed by atoms with E-state index in [9.17, 15) is 13.2 Å². The second kappa shape index (κ2) is 3.72. The van der Waals surface area contributed by atoms with Crippen LogP contribution in [-0.2, 0) is 4.74 Å². The fourth-order valence-electron chi connectivity index (χ4n) is 1.80. The molecule has 0 amide bonds. The largest absolute Gasteiger partial charge is 0.365 e. The van der Waals surface area contributed by atoms with E-state index in [-0.39, 0.29) is 11.8 Å². The maximum Gasteiger partial charge on any atom is 0.307 e. The highest BCUT2D eigenvalue weighted by molar-refractivity contribution is 4.99. The van der Waals surface area contributed by atoms with Crippen LogP contribution in [0.4, 0.5) is 13.2 Å². The Morgan fingerprint density at radius 2 is 1.57 bits per heavy atom. The second-order valence-electron chi connectivity index (χ2n) is 4.59. The summed E-state index contributed by atoms with van der Waals surface area (Å²) in [6.07, 6.45) is -4.43. The zero-order chi connectivity index (χ0) is 11.1. The van der Waals surface area contributed by atoms with Gasteiger partial charge in [-0.05, 0) is 11.8 Å². The van der Waals surface area contributed by atoms with Crippen LogP contribution >= 0.6 is 0 Å². The average Bonchev–Trinajstić information content (AvgIpc) is 2.24. The molecular weight excluding hydrogens is 193 g/mol. The van der Waals surface area contributed by atoms with Gasteiger partial charge in [-0.15, -0.1) is 0 Å². The summed E-state index contributed by atoms with van der Waals surface area (Å²) in [5.74, 6) is -3.94. The highest BCUT2D eigenvalue weighted by atomic mass is 19.3. The first-order valence-electron chi connectivity index (χ1n) is 4.95. The first-order chi connectivity index (χ1) is 6.28. The fraction of sp³-hybridized carbons (Fsp3) is 1.00. The molecule has 0 aromatic heterocycles. The van der Waals surface area contributed by atoms with Gasteiger partial charge in [0.05, 0.1) is 6.10 Å². The topological polar surface area (TPSA) is 9.23 Å². The van der Waals surface area contributed by atoms with Gasteiger partial charge in [0.15, 0.2) is 6.17 Å². The van der Waals surface area contributed by atoms with Crippen molar-refractivity contribution in [2.24, 2.45) is 11.8 Å². The van der Waals surface area contributed by atoms with Crippen molar-refractivity contribution >= 4 is 0 Å². The number of rotatable bonds is 2. The summed E-state index contributed by atoms with van der Waals surface area (Å²) >= 11 is 0. The van der Waals surface area contributed by atoms with E-state index in [0.717, 1.165) is 0 Å². The van der Waals surface area contributed by atoms with Gasteiger partial charge >= 0.3 is 5.92 Å². The molecule has 0 aliphatic carbocycles. The fourth-order valence-corrected chi connectivity index (χ4v) is 1.80. The van der Waals surface area contributed by atoms with Crippen molar-refractivity contribution in [1.82, 2.24) is 0 Å². The van der Waals surface area contributed by atoms with Gasteiger partial charge in [-0.3, -0.25) is 0 Å². The van der Waals surface area contributed by atoms with Crippen LogP contribution in [0.2, 0.25) is 0 Å². The van der Waals surface area contributed by atoms with Crippen molar-refractivity contribution in [3.8, 4) is 0 Å². The molecule has 0 bridgehead atoms. The molecule has 4 heteroatoms. The molecule has 1 rings (SSSR count). The van der Waals surface area contributed by atoms with Gasteiger partial charge in [-0.25, -0.2) is 13.2 Å². The van der Waals surface area contributed by atoms with E-state index in [4.69, 9.17) is 4.74 Å². The zero-order valence-corrected chi connectivity index (χ0v) is 8.93. The molecule has 0 saturated carbocycles. The quantitative estimate of drug-likeness (QED) is 0.680. The van der Waals surface area contributed by atoms with Crippen LogP contribution in [0.25, 0.3) is 0 Å². The van der Waals surface area contributed by atoms with Crippen molar-refractivity contribution in [3.63, 3.8) is 0 Å². The lowest BCUT2D eigenvalue weighted by molar-refractivity contribution is -0.110. The molecule has 0 aromatic rings. The molecule has 1 saturated heterocycles. The van der Waals surface area contributed by atoms with Gasteiger partial charge in [-0.2, -0.15) is 0 Å². The number of halogens is 3. The Hall–Kier alpha value is -0.250. The van der Waals surface area contributed by atoms with Crippen molar-refractivity contribution in [3.05, 3.63) is 0 Å². The Kier molecular flexibility index (Phi) is 3.14. The molecule has 3 atom stereocenters. The Balaban J connectivity index is 2.85. The molecule has 14 heavy (non-hydrogen) atoms.